The van der Waals surface area contributed by atoms with E-state index in [4.69, 9.17) is 0 Å². The summed E-state index contributed by atoms with van der Waals surface area (Å²) >= 11 is 0. The van der Waals surface area contributed by atoms with Gasteiger partial charge in [-0.15, -0.1) is 0 Å². The molecule has 0 aromatic heterocycles. The van der Waals surface area contributed by atoms with Crippen molar-refractivity contribution < 1.29 is 21.5 Å². The third-order valence-electron chi connectivity index (χ3n) is 7.25. The van der Waals surface area contributed by atoms with E-state index >= 15 is 0 Å². The second-order valence-electron chi connectivity index (χ2n) is 9.38. The summed E-state index contributed by atoms with van der Waals surface area (Å²) in [6.07, 6.45) is 27.9. The minimum absolute atomic E-state index is 0. The SMILES string of the molecule is CCCCCCCCCCCCCCCCCCCCC[N+](CC)(CC)CC.[Br-]. The van der Waals surface area contributed by atoms with Crippen LogP contribution in [0.2, 0.25) is 0 Å². The Kier molecular flexibility index (Phi) is 26.9. The van der Waals surface area contributed by atoms with Crippen molar-refractivity contribution in [1.82, 2.24) is 0 Å². The molecule has 0 N–H and O–H groups in total. The predicted octanol–water partition coefficient (Wildman–Crippen LogP) is 6.30. The standard InChI is InChI=1S/C27H58N.BrH/c1-5-9-10-11-12-13-14-15-16-17-18-19-20-21-22-23-24-25-26-27-28(6-2,7-3)8-4;/h5-27H2,1-4H3;1H/q+1;/p-1. The first-order chi connectivity index (χ1) is 13.7. The van der Waals surface area contributed by atoms with Crippen LogP contribution >= 0.6 is 0 Å². The van der Waals surface area contributed by atoms with E-state index in [9.17, 15) is 0 Å². The van der Waals surface area contributed by atoms with Gasteiger partial charge in [-0.1, -0.05) is 116 Å². The molecule has 0 rings (SSSR count). The van der Waals surface area contributed by atoms with Crippen molar-refractivity contribution in [3.8, 4) is 0 Å². The third kappa shape index (κ3) is 20.1. The molecule has 0 saturated heterocycles. The van der Waals surface area contributed by atoms with Gasteiger partial charge in [-0.3, -0.25) is 0 Å². The maximum absolute atomic E-state index is 2.36. The highest BCUT2D eigenvalue weighted by Crippen LogP contribution is 2.15. The number of hydrogen-bond donors (Lipinski definition) is 0. The lowest BCUT2D eigenvalue weighted by molar-refractivity contribution is -0.923. The fourth-order valence-corrected chi connectivity index (χ4v) is 4.67. The van der Waals surface area contributed by atoms with Crippen LogP contribution < -0.4 is 17.0 Å². The molecule has 0 spiro atoms. The van der Waals surface area contributed by atoms with Gasteiger partial charge < -0.3 is 21.5 Å². The summed E-state index contributed by atoms with van der Waals surface area (Å²) in [7, 11) is 0. The highest BCUT2D eigenvalue weighted by molar-refractivity contribution is 4.51. The number of hydrogen-bond acceptors (Lipinski definition) is 0. The van der Waals surface area contributed by atoms with Gasteiger partial charge in [-0.2, -0.15) is 0 Å². The molecule has 0 atom stereocenters. The molecule has 0 bridgehead atoms. The predicted molar refractivity (Wildman–Crippen MR) is 130 cm³/mol. The van der Waals surface area contributed by atoms with Gasteiger partial charge in [-0.25, -0.2) is 0 Å². The molecule has 0 amide bonds. The molecule has 29 heavy (non-hydrogen) atoms. The smallest absolute Gasteiger partial charge is 0.0786 e. The zero-order valence-electron chi connectivity index (χ0n) is 21.1. The Labute approximate surface area is 197 Å². The largest absolute Gasteiger partial charge is 1.00 e. The molecule has 0 aliphatic heterocycles. The van der Waals surface area contributed by atoms with E-state index in [1.54, 1.807) is 0 Å². The van der Waals surface area contributed by atoms with Gasteiger partial charge in [0.15, 0.2) is 0 Å². The Morgan fingerprint density at radius 3 is 0.828 bits per heavy atom. The van der Waals surface area contributed by atoms with Crippen molar-refractivity contribution in [1.29, 1.82) is 0 Å². The van der Waals surface area contributed by atoms with E-state index in [0.717, 1.165) is 0 Å². The molecular weight excluding hydrogens is 418 g/mol. The Bertz CT molecular complexity index is 280. The molecule has 2 heteroatoms. The molecule has 0 aromatic carbocycles. The molecule has 0 saturated carbocycles. The van der Waals surface area contributed by atoms with Crippen molar-refractivity contribution in [2.24, 2.45) is 0 Å². The molecule has 0 fully saturated rings. The lowest BCUT2D eigenvalue weighted by atomic mass is 10.0. The summed E-state index contributed by atoms with van der Waals surface area (Å²) < 4.78 is 1.33. The van der Waals surface area contributed by atoms with E-state index in [-0.39, 0.29) is 17.0 Å². The summed E-state index contributed by atoms with van der Waals surface area (Å²) in [5, 5.41) is 0. The fraction of sp³-hybridized carbons (Fsp3) is 1.00. The Balaban J connectivity index is 0. The zero-order chi connectivity index (χ0) is 20.8. The summed E-state index contributed by atoms with van der Waals surface area (Å²) in [6.45, 7) is 14.7. The van der Waals surface area contributed by atoms with Crippen LogP contribution in [0.15, 0.2) is 0 Å². The van der Waals surface area contributed by atoms with Gasteiger partial charge in [-0.05, 0) is 33.6 Å². The van der Waals surface area contributed by atoms with Gasteiger partial charge in [0.05, 0.1) is 26.2 Å². The maximum Gasteiger partial charge on any atom is 0.0786 e. The van der Waals surface area contributed by atoms with E-state index < -0.39 is 0 Å². The van der Waals surface area contributed by atoms with Crippen LogP contribution in [0.5, 0.6) is 0 Å². The lowest BCUT2D eigenvalue weighted by Gasteiger charge is -2.35. The maximum atomic E-state index is 2.36. The first-order valence-corrected chi connectivity index (χ1v) is 13.6. The topological polar surface area (TPSA) is 0 Å². The quantitative estimate of drug-likeness (QED) is 0.120. The molecule has 0 aromatic rings. The molecule has 0 aliphatic carbocycles. The highest BCUT2D eigenvalue weighted by Gasteiger charge is 2.19. The van der Waals surface area contributed by atoms with Crippen molar-refractivity contribution in [2.45, 2.75) is 150 Å². The summed E-state index contributed by atoms with van der Waals surface area (Å²) in [5.74, 6) is 0. The van der Waals surface area contributed by atoms with Gasteiger partial charge in [0.1, 0.15) is 0 Å². The number of rotatable bonds is 23. The van der Waals surface area contributed by atoms with Crippen molar-refractivity contribution >= 4 is 0 Å². The van der Waals surface area contributed by atoms with Crippen LogP contribution in [0.25, 0.3) is 0 Å². The average Bonchev–Trinajstić information content (AvgIpc) is 2.73. The fourth-order valence-electron chi connectivity index (χ4n) is 4.67. The van der Waals surface area contributed by atoms with E-state index in [2.05, 4.69) is 27.7 Å². The molecule has 0 unspecified atom stereocenters. The minimum atomic E-state index is 0. The lowest BCUT2D eigenvalue weighted by Crippen LogP contribution is -3.00. The first-order valence-electron chi connectivity index (χ1n) is 13.6. The van der Waals surface area contributed by atoms with Crippen LogP contribution in [-0.2, 0) is 0 Å². The van der Waals surface area contributed by atoms with Gasteiger partial charge in [0.25, 0.3) is 0 Å². The molecule has 0 radical (unpaired) electrons. The normalized spacial score (nSPS) is 11.6. The minimum Gasteiger partial charge on any atom is -1.00 e. The van der Waals surface area contributed by atoms with Crippen molar-refractivity contribution in [3.05, 3.63) is 0 Å². The average molecular weight is 477 g/mol. The Morgan fingerprint density at radius 1 is 0.345 bits per heavy atom. The second-order valence-corrected chi connectivity index (χ2v) is 9.38. The van der Waals surface area contributed by atoms with Crippen LogP contribution in [0, 0.1) is 0 Å². The van der Waals surface area contributed by atoms with Crippen molar-refractivity contribution in [2.75, 3.05) is 26.2 Å². The van der Waals surface area contributed by atoms with E-state index in [1.165, 1.54) is 153 Å². The molecule has 1 nitrogen and oxygen atoms in total. The molecule has 0 aliphatic rings. The monoisotopic (exact) mass is 475 g/mol. The second kappa shape index (κ2) is 24.7. The number of halogens is 1. The summed E-state index contributed by atoms with van der Waals surface area (Å²) in [5.41, 5.74) is 0. The Morgan fingerprint density at radius 2 is 0.586 bits per heavy atom. The number of quaternary nitrogens is 1. The van der Waals surface area contributed by atoms with Gasteiger partial charge in [0.2, 0.25) is 0 Å². The number of nitrogens with zero attached hydrogens (tertiary/aromatic N) is 1. The first kappa shape index (κ1) is 31.6. The van der Waals surface area contributed by atoms with Gasteiger partial charge in [0, 0.05) is 0 Å². The summed E-state index contributed by atoms with van der Waals surface area (Å²) in [6, 6.07) is 0. The number of unbranched alkanes of at least 4 members (excludes halogenated alkanes) is 18. The highest BCUT2D eigenvalue weighted by atomic mass is 79.9. The third-order valence-corrected chi connectivity index (χ3v) is 7.25. The van der Waals surface area contributed by atoms with Gasteiger partial charge >= 0.3 is 0 Å². The Hall–Kier alpha value is 0.440. The van der Waals surface area contributed by atoms with Crippen LogP contribution in [-0.4, -0.2) is 30.7 Å². The zero-order valence-corrected chi connectivity index (χ0v) is 22.7. The van der Waals surface area contributed by atoms with Crippen LogP contribution in [0.1, 0.15) is 150 Å². The van der Waals surface area contributed by atoms with Crippen molar-refractivity contribution in [3.63, 3.8) is 0 Å². The van der Waals surface area contributed by atoms with Crippen LogP contribution in [0.3, 0.4) is 0 Å². The van der Waals surface area contributed by atoms with Crippen LogP contribution in [0.4, 0.5) is 0 Å². The molecule has 0 heterocycles. The van der Waals surface area contributed by atoms with E-state index in [0.29, 0.717) is 0 Å². The molecule has 178 valence electrons. The summed E-state index contributed by atoms with van der Waals surface area (Å²) in [4.78, 5) is 0. The molecular formula is C27H58BrN. The van der Waals surface area contributed by atoms with E-state index in [1.807, 2.05) is 0 Å².